The Bertz CT molecular complexity index is 318. The van der Waals surface area contributed by atoms with Crippen molar-refractivity contribution in [1.29, 1.82) is 0 Å². The van der Waals surface area contributed by atoms with Gasteiger partial charge in [-0.25, -0.2) is 0 Å². The third-order valence-electron chi connectivity index (χ3n) is 1.15. The highest BCUT2D eigenvalue weighted by molar-refractivity contribution is 7.13. The summed E-state index contributed by atoms with van der Waals surface area (Å²) < 4.78 is 0. The fraction of sp³-hybridized carbons (Fsp3) is 0. The highest BCUT2D eigenvalue weighted by Crippen LogP contribution is 2.18. The smallest absolute Gasteiger partial charge is 0.140 e. The first-order chi connectivity index (χ1) is 5.47. The van der Waals surface area contributed by atoms with Gasteiger partial charge in [0.15, 0.2) is 6.33 Å². The van der Waals surface area contributed by atoms with Crippen LogP contribution in [0.4, 0.5) is 0 Å². The molecule has 0 amide bonds. The number of rotatable bonds is 1. The SMILES string of the molecule is c1csc(-c2nncnn2)c1. The summed E-state index contributed by atoms with van der Waals surface area (Å²) >= 11 is 1.57. The summed E-state index contributed by atoms with van der Waals surface area (Å²) in [5.74, 6) is 0.586. The van der Waals surface area contributed by atoms with Crippen LogP contribution in [0.5, 0.6) is 0 Å². The van der Waals surface area contributed by atoms with Gasteiger partial charge in [-0.2, -0.15) is 0 Å². The van der Waals surface area contributed by atoms with E-state index in [-0.39, 0.29) is 0 Å². The van der Waals surface area contributed by atoms with Crippen LogP contribution in [0.25, 0.3) is 10.7 Å². The Hall–Kier alpha value is -1.36. The zero-order valence-corrected chi connectivity index (χ0v) is 6.32. The number of aromatic nitrogens is 4. The molecular formula is C6H4N4S. The minimum absolute atomic E-state index is 0.586. The molecule has 0 aliphatic carbocycles. The fourth-order valence-electron chi connectivity index (χ4n) is 0.708. The van der Waals surface area contributed by atoms with E-state index in [1.54, 1.807) is 11.3 Å². The van der Waals surface area contributed by atoms with Crippen LogP contribution in [-0.4, -0.2) is 20.4 Å². The average Bonchev–Trinajstić information content (AvgIpc) is 2.58. The van der Waals surface area contributed by atoms with Crippen LogP contribution in [0, 0.1) is 0 Å². The normalized spacial score (nSPS) is 9.82. The first-order valence-electron chi connectivity index (χ1n) is 3.01. The van der Waals surface area contributed by atoms with Gasteiger partial charge in [-0.3, -0.25) is 0 Å². The molecule has 0 spiro atoms. The van der Waals surface area contributed by atoms with Crippen molar-refractivity contribution in [2.45, 2.75) is 0 Å². The lowest BCUT2D eigenvalue weighted by Crippen LogP contribution is -1.91. The summed E-state index contributed by atoms with van der Waals surface area (Å²) in [5.41, 5.74) is 0. The topological polar surface area (TPSA) is 51.6 Å². The highest BCUT2D eigenvalue weighted by Gasteiger charge is 2.00. The maximum absolute atomic E-state index is 3.81. The van der Waals surface area contributed by atoms with E-state index in [9.17, 15) is 0 Å². The predicted molar refractivity (Wildman–Crippen MR) is 40.9 cm³/mol. The van der Waals surface area contributed by atoms with Crippen molar-refractivity contribution in [2.75, 3.05) is 0 Å². The Balaban J connectivity index is 2.46. The highest BCUT2D eigenvalue weighted by atomic mass is 32.1. The lowest BCUT2D eigenvalue weighted by molar-refractivity contribution is 0.867. The fourth-order valence-corrected chi connectivity index (χ4v) is 1.36. The number of nitrogens with zero attached hydrogens (tertiary/aromatic N) is 4. The minimum atomic E-state index is 0.586. The molecule has 0 fully saturated rings. The maximum atomic E-state index is 3.81. The quantitative estimate of drug-likeness (QED) is 0.630. The molecule has 2 aromatic heterocycles. The van der Waals surface area contributed by atoms with Gasteiger partial charge >= 0.3 is 0 Å². The van der Waals surface area contributed by atoms with E-state index < -0.39 is 0 Å². The summed E-state index contributed by atoms with van der Waals surface area (Å²) in [7, 11) is 0. The lowest BCUT2D eigenvalue weighted by Gasteiger charge is -1.88. The van der Waals surface area contributed by atoms with E-state index >= 15 is 0 Å². The van der Waals surface area contributed by atoms with Crippen LogP contribution in [0.3, 0.4) is 0 Å². The zero-order valence-electron chi connectivity index (χ0n) is 5.51. The van der Waals surface area contributed by atoms with Gasteiger partial charge in [0.25, 0.3) is 0 Å². The van der Waals surface area contributed by atoms with Crippen molar-refractivity contribution in [3.63, 3.8) is 0 Å². The van der Waals surface area contributed by atoms with Gasteiger partial charge in [0.1, 0.15) is 0 Å². The zero-order chi connectivity index (χ0) is 7.52. The molecule has 0 aromatic carbocycles. The number of hydrogen-bond acceptors (Lipinski definition) is 5. The molecule has 2 rings (SSSR count). The predicted octanol–water partition coefficient (Wildman–Crippen LogP) is 0.995. The third-order valence-corrected chi connectivity index (χ3v) is 2.02. The summed E-state index contributed by atoms with van der Waals surface area (Å²) in [6.45, 7) is 0. The molecule has 0 N–H and O–H groups in total. The second-order valence-corrected chi connectivity index (χ2v) is 2.80. The summed E-state index contributed by atoms with van der Waals surface area (Å²) in [6.07, 6.45) is 1.32. The molecule has 4 nitrogen and oxygen atoms in total. The van der Waals surface area contributed by atoms with E-state index in [0.717, 1.165) is 4.88 Å². The Morgan fingerprint density at radius 3 is 2.64 bits per heavy atom. The van der Waals surface area contributed by atoms with Crippen LogP contribution >= 0.6 is 11.3 Å². The van der Waals surface area contributed by atoms with Gasteiger partial charge in [-0.05, 0) is 11.4 Å². The molecule has 2 aromatic rings. The van der Waals surface area contributed by atoms with Crippen LogP contribution < -0.4 is 0 Å². The largest absolute Gasteiger partial charge is 0.213 e. The van der Waals surface area contributed by atoms with E-state index in [1.165, 1.54) is 6.33 Å². The first-order valence-corrected chi connectivity index (χ1v) is 3.89. The van der Waals surface area contributed by atoms with Gasteiger partial charge in [-0.15, -0.1) is 31.7 Å². The van der Waals surface area contributed by atoms with Crippen molar-refractivity contribution < 1.29 is 0 Å². The van der Waals surface area contributed by atoms with Crippen molar-refractivity contribution in [3.05, 3.63) is 23.8 Å². The van der Waals surface area contributed by atoms with Gasteiger partial charge in [0.2, 0.25) is 5.82 Å². The standard InChI is InChI=1S/C6H4N4S/c1-2-5(11-3-1)6-9-7-4-8-10-6/h1-4H. The summed E-state index contributed by atoms with van der Waals surface area (Å²) in [4.78, 5) is 0.991. The van der Waals surface area contributed by atoms with Gasteiger partial charge in [0.05, 0.1) is 4.88 Å². The average molecular weight is 164 g/mol. The van der Waals surface area contributed by atoms with Crippen LogP contribution in [0.2, 0.25) is 0 Å². The van der Waals surface area contributed by atoms with Crippen molar-refractivity contribution in [1.82, 2.24) is 20.4 Å². The van der Waals surface area contributed by atoms with Crippen LogP contribution in [-0.2, 0) is 0 Å². The molecule has 11 heavy (non-hydrogen) atoms. The van der Waals surface area contributed by atoms with Crippen molar-refractivity contribution >= 4 is 11.3 Å². The lowest BCUT2D eigenvalue weighted by atomic mass is 10.5. The Labute approximate surface area is 66.9 Å². The number of thiophene rings is 1. The molecule has 0 aliphatic heterocycles. The monoisotopic (exact) mass is 164 g/mol. The van der Waals surface area contributed by atoms with Gasteiger partial charge in [0, 0.05) is 0 Å². The van der Waals surface area contributed by atoms with Crippen LogP contribution in [0.15, 0.2) is 23.8 Å². The van der Waals surface area contributed by atoms with Gasteiger partial charge in [-0.1, -0.05) is 6.07 Å². The molecule has 54 valence electrons. The van der Waals surface area contributed by atoms with E-state index in [1.807, 2.05) is 17.5 Å². The van der Waals surface area contributed by atoms with E-state index in [4.69, 9.17) is 0 Å². The molecule has 0 unspecified atom stereocenters. The summed E-state index contributed by atoms with van der Waals surface area (Å²) in [6, 6.07) is 3.87. The molecule has 0 saturated carbocycles. The Morgan fingerprint density at radius 1 is 1.18 bits per heavy atom. The van der Waals surface area contributed by atoms with E-state index in [2.05, 4.69) is 20.4 Å². The van der Waals surface area contributed by atoms with Crippen molar-refractivity contribution in [2.24, 2.45) is 0 Å². The second kappa shape index (κ2) is 2.71. The molecule has 0 radical (unpaired) electrons. The molecule has 0 saturated heterocycles. The third kappa shape index (κ3) is 1.22. The van der Waals surface area contributed by atoms with Crippen LogP contribution in [0.1, 0.15) is 0 Å². The van der Waals surface area contributed by atoms with Crippen molar-refractivity contribution in [3.8, 4) is 10.7 Å². The second-order valence-electron chi connectivity index (χ2n) is 1.85. The van der Waals surface area contributed by atoms with Gasteiger partial charge < -0.3 is 0 Å². The molecule has 0 aliphatic rings. The Kier molecular flexibility index (Phi) is 1.57. The Morgan fingerprint density at radius 2 is 2.00 bits per heavy atom. The van der Waals surface area contributed by atoms with E-state index in [0.29, 0.717) is 5.82 Å². The molecule has 0 bridgehead atoms. The molecular weight excluding hydrogens is 160 g/mol. The molecule has 0 atom stereocenters. The first kappa shape index (κ1) is 6.36. The minimum Gasteiger partial charge on any atom is -0.140 e. The molecule has 2 heterocycles. The molecule has 5 heteroatoms. The maximum Gasteiger partial charge on any atom is 0.213 e. The summed E-state index contributed by atoms with van der Waals surface area (Å²) in [5, 5.41) is 16.8. The number of hydrogen-bond donors (Lipinski definition) is 0.